The number of hydrogen-bond acceptors (Lipinski definition) is 3. The van der Waals surface area contributed by atoms with Crippen molar-refractivity contribution in [3.8, 4) is 11.1 Å². The predicted molar refractivity (Wildman–Crippen MR) is 120 cm³/mol. The van der Waals surface area contributed by atoms with Gasteiger partial charge in [0.1, 0.15) is 5.65 Å². The minimum Gasteiger partial charge on any atom is -0.338 e. The van der Waals surface area contributed by atoms with Gasteiger partial charge in [-0.3, -0.25) is 4.72 Å². The molecule has 0 spiro atoms. The first-order valence-corrected chi connectivity index (χ1v) is 11.6. The summed E-state index contributed by atoms with van der Waals surface area (Å²) < 4.78 is 29.8. The van der Waals surface area contributed by atoms with Gasteiger partial charge in [0.05, 0.1) is 5.69 Å². The minimum absolute atomic E-state index is 0.113. The van der Waals surface area contributed by atoms with Crippen LogP contribution < -0.4 is 4.72 Å². The fourth-order valence-electron chi connectivity index (χ4n) is 3.83. The molecule has 1 aromatic carbocycles. The van der Waals surface area contributed by atoms with Crippen molar-refractivity contribution in [3.63, 3.8) is 0 Å². The molecule has 29 heavy (non-hydrogen) atoms. The van der Waals surface area contributed by atoms with Gasteiger partial charge in [-0.1, -0.05) is 23.9 Å². The monoisotopic (exact) mass is 416 g/mol. The van der Waals surface area contributed by atoms with Gasteiger partial charge in [-0.05, 0) is 68.4 Å². The molecule has 3 heterocycles. The number of benzene rings is 1. The predicted octanol–water partition coefficient (Wildman–Crippen LogP) is 4.79. The number of rotatable bonds is 5. The maximum absolute atomic E-state index is 13.1. The smallest absolute Gasteiger partial charge is 0.278 e. The standard InChI is InChI=1S/C22H26F2N4S/c1-28-12-9-16(10-13-28)27-29(2,3)17-6-4-15(5-7-17)18-8-11-25-22-19(18)14-20(26-22)21(23)24/h4-8,11,14,16,21,27H,2-3,9-10,12-13H2,1H3,(H,25,26). The third-order valence-corrected chi connectivity index (χ3v) is 7.47. The molecule has 0 atom stereocenters. The number of nitrogens with zero attached hydrogens (tertiary/aromatic N) is 2. The summed E-state index contributed by atoms with van der Waals surface area (Å²) in [7, 11) is 0.535. The van der Waals surface area contributed by atoms with E-state index in [0.717, 1.165) is 42.0 Å². The zero-order chi connectivity index (χ0) is 20.6. The van der Waals surface area contributed by atoms with Crippen LogP contribution in [0.25, 0.3) is 22.2 Å². The van der Waals surface area contributed by atoms with Gasteiger partial charge in [0.15, 0.2) is 0 Å². The highest BCUT2D eigenvalue weighted by Crippen LogP contribution is 2.34. The summed E-state index contributed by atoms with van der Waals surface area (Å²) in [6, 6.07) is 11.9. The molecule has 0 saturated carbocycles. The van der Waals surface area contributed by atoms with Gasteiger partial charge in [-0.2, -0.15) is 0 Å². The summed E-state index contributed by atoms with van der Waals surface area (Å²) in [4.78, 5) is 10.3. The van der Waals surface area contributed by atoms with Crippen molar-refractivity contribution >= 4 is 32.2 Å². The van der Waals surface area contributed by atoms with Crippen molar-refractivity contribution in [3.05, 3.63) is 48.3 Å². The quantitative estimate of drug-likeness (QED) is 0.588. The Morgan fingerprint density at radius 3 is 2.52 bits per heavy atom. The van der Waals surface area contributed by atoms with Crippen LogP contribution >= 0.6 is 9.39 Å². The molecule has 7 heteroatoms. The van der Waals surface area contributed by atoms with Crippen LogP contribution in [0.1, 0.15) is 25.0 Å². The van der Waals surface area contributed by atoms with E-state index in [1.807, 2.05) is 30.3 Å². The Morgan fingerprint density at radius 1 is 1.17 bits per heavy atom. The van der Waals surface area contributed by atoms with Crippen LogP contribution in [0, 0.1) is 0 Å². The number of alkyl halides is 2. The van der Waals surface area contributed by atoms with Crippen LogP contribution in [-0.2, 0) is 0 Å². The van der Waals surface area contributed by atoms with E-state index in [9.17, 15) is 8.78 Å². The topological polar surface area (TPSA) is 44.0 Å². The third-order valence-electron chi connectivity index (χ3n) is 5.52. The van der Waals surface area contributed by atoms with Crippen LogP contribution in [0.3, 0.4) is 0 Å². The lowest BCUT2D eigenvalue weighted by Gasteiger charge is -2.32. The lowest BCUT2D eigenvalue weighted by atomic mass is 10.0. The van der Waals surface area contributed by atoms with Gasteiger partial charge in [0.2, 0.25) is 0 Å². The molecule has 1 aliphatic heterocycles. The summed E-state index contributed by atoms with van der Waals surface area (Å²) in [6.45, 7) is 2.17. The zero-order valence-corrected chi connectivity index (χ0v) is 17.3. The molecule has 2 N–H and O–H groups in total. The molecule has 0 amide bonds. The molecule has 154 valence electrons. The summed E-state index contributed by atoms with van der Waals surface area (Å²) in [5.74, 6) is 8.76. The largest absolute Gasteiger partial charge is 0.338 e. The second-order valence-corrected chi connectivity index (χ2v) is 10.2. The summed E-state index contributed by atoms with van der Waals surface area (Å²) in [5, 5.41) is 0.697. The zero-order valence-electron chi connectivity index (χ0n) is 16.5. The van der Waals surface area contributed by atoms with Gasteiger partial charge in [-0.15, -0.1) is 9.39 Å². The number of likely N-dealkylation sites (tertiary alicyclic amines) is 1. The molecular weight excluding hydrogens is 390 g/mol. The maximum Gasteiger partial charge on any atom is 0.278 e. The average Bonchev–Trinajstić information content (AvgIpc) is 3.14. The maximum atomic E-state index is 13.1. The Bertz CT molecular complexity index is 1100. The Hall–Kier alpha value is -2.22. The molecule has 4 nitrogen and oxygen atoms in total. The van der Waals surface area contributed by atoms with Crippen molar-refractivity contribution in [2.45, 2.75) is 30.2 Å². The fourth-order valence-corrected chi connectivity index (χ4v) is 5.49. The van der Waals surface area contributed by atoms with E-state index in [1.165, 1.54) is 6.07 Å². The molecule has 0 unspecified atom stereocenters. The van der Waals surface area contributed by atoms with Gasteiger partial charge >= 0.3 is 0 Å². The highest BCUT2D eigenvalue weighted by molar-refractivity contribution is 8.26. The molecule has 0 aliphatic carbocycles. The van der Waals surface area contributed by atoms with Crippen LogP contribution in [0.5, 0.6) is 0 Å². The molecule has 1 fully saturated rings. The van der Waals surface area contributed by atoms with Crippen LogP contribution in [0.15, 0.2) is 47.5 Å². The van der Waals surface area contributed by atoms with Crippen molar-refractivity contribution in [2.75, 3.05) is 20.1 Å². The minimum atomic E-state index is -2.55. The normalized spacial score (nSPS) is 16.7. The van der Waals surface area contributed by atoms with E-state index in [1.54, 1.807) is 6.20 Å². The Balaban J connectivity index is 1.59. The fraction of sp³-hybridized carbons (Fsp3) is 0.318. The van der Waals surface area contributed by atoms with Crippen LogP contribution in [0.2, 0.25) is 0 Å². The van der Waals surface area contributed by atoms with Crippen LogP contribution in [-0.4, -0.2) is 52.8 Å². The first-order valence-electron chi connectivity index (χ1n) is 9.65. The Labute approximate surface area is 170 Å². The number of aromatic amines is 1. The van der Waals surface area contributed by atoms with Gasteiger partial charge < -0.3 is 9.88 Å². The number of halogens is 2. The molecule has 1 aliphatic rings. The van der Waals surface area contributed by atoms with Crippen LogP contribution in [0.4, 0.5) is 8.78 Å². The molecular formula is C22H26F2N4S. The molecule has 4 rings (SSSR count). The lowest BCUT2D eigenvalue weighted by Crippen LogP contribution is -2.39. The molecule has 0 radical (unpaired) electrons. The highest BCUT2D eigenvalue weighted by Gasteiger charge is 2.18. The van der Waals surface area contributed by atoms with E-state index in [0.29, 0.717) is 17.1 Å². The first kappa shape index (κ1) is 20.1. The van der Waals surface area contributed by atoms with Crippen molar-refractivity contribution in [2.24, 2.45) is 0 Å². The first-order chi connectivity index (χ1) is 13.8. The molecule has 0 bridgehead atoms. The van der Waals surface area contributed by atoms with Gasteiger partial charge in [-0.25, -0.2) is 13.8 Å². The van der Waals surface area contributed by atoms with E-state index >= 15 is 0 Å². The van der Waals surface area contributed by atoms with Crippen molar-refractivity contribution < 1.29 is 8.78 Å². The number of hydrogen-bond donors (Lipinski definition) is 2. The summed E-state index contributed by atoms with van der Waals surface area (Å²) in [5.41, 5.74) is 2.19. The molecule has 2 aromatic heterocycles. The highest BCUT2D eigenvalue weighted by atomic mass is 32.2. The molecule has 3 aromatic rings. The lowest BCUT2D eigenvalue weighted by molar-refractivity contribution is 0.147. The molecule has 1 saturated heterocycles. The van der Waals surface area contributed by atoms with Gasteiger partial charge in [0.25, 0.3) is 6.43 Å². The average molecular weight is 417 g/mol. The SMILES string of the molecule is C=S(=C)(NC1CCN(C)CC1)c1ccc(-c2ccnc3[nH]c(C(F)F)cc23)cc1. The number of nitrogens with one attached hydrogen (secondary N) is 2. The number of aromatic nitrogens is 2. The second-order valence-electron chi connectivity index (χ2n) is 7.75. The van der Waals surface area contributed by atoms with Crippen molar-refractivity contribution in [1.29, 1.82) is 0 Å². The number of piperidine rings is 1. The summed E-state index contributed by atoms with van der Waals surface area (Å²) in [6.07, 6.45) is 1.29. The Morgan fingerprint density at radius 2 is 1.86 bits per heavy atom. The second kappa shape index (κ2) is 7.89. The third kappa shape index (κ3) is 4.22. The number of H-pyrrole nitrogens is 1. The van der Waals surface area contributed by atoms with Crippen molar-refractivity contribution in [1.82, 2.24) is 19.6 Å². The van der Waals surface area contributed by atoms with E-state index < -0.39 is 15.8 Å². The van der Waals surface area contributed by atoms with E-state index in [2.05, 4.69) is 38.4 Å². The number of fused-ring (bicyclic) bond motifs is 1. The Kier molecular flexibility index (Phi) is 5.46. The van der Waals surface area contributed by atoms with Gasteiger partial charge in [0, 0.05) is 22.5 Å². The summed E-state index contributed by atoms with van der Waals surface area (Å²) >= 11 is 0. The van der Waals surface area contributed by atoms with E-state index in [-0.39, 0.29) is 5.69 Å². The number of pyridine rings is 1. The van der Waals surface area contributed by atoms with E-state index in [4.69, 9.17) is 0 Å².